The van der Waals surface area contributed by atoms with Crippen molar-refractivity contribution < 1.29 is 14.3 Å². The molecule has 1 aromatic carbocycles. The molecular weight excluding hydrogens is 220 g/mol. The number of hydrogen-bond acceptors (Lipinski definition) is 4. The Morgan fingerprint density at radius 2 is 1.71 bits per heavy atom. The molecule has 0 aliphatic carbocycles. The Balaban J connectivity index is 2.12. The molecule has 0 bridgehead atoms. The molecule has 0 spiro atoms. The maximum absolute atomic E-state index is 11.5. The summed E-state index contributed by atoms with van der Waals surface area (Å²) in [6.07, 6.45) is 0.592. The quantitative estimate of drug-likeness (QED) is 0.777. The number of benzene rings is 1. The van der Waals surface area contributed by atoms with Crippen molar-refractivity contribution in [3.63, 3.8) is 0 Å². The first-order chi connectivity index (χ1) is 8.22. The highest BCUT2D eigenvalue weighted by Gasteiger charge is 2.29. The van der Waals surface area contributed by atoms with Crippen molar-refractivity contribution in [1.82, 2.24) is 0 Å². The van der Waals surface area contributed by atoms with Crippen LogP contribution in [0.4, 0.5) is 5.69 Å². The highest BCUT2D eigenvalue weighted by molar-refractivity contribution is 6.19. The van der Waals surface area contributed by atoms with Crippen LogP contribution in [0.2, 0.25) is 0 Å². The lowest BCUT2D eigenvalue weighted by Crippen LogP contribution is -2.28. The monoisotopic (exact) mass is 234 g/mol. The molecule has 1 fully saturated rings. The Hall–Kier alpha value is -1.88. The van der Waals surface area contributed by atoms with Gasteiger partial charge < -0.3 is 10.5 Å². The molecule has 1 heterocycles. The molecule has 0 unspecified atom stereocenters. The molecule has 2 N–H and O–H groups in total. The normalized spacial score (nSPS) is 15.5. The third kappa shape index (κ3) is 2.45. The van der Waals surface area contributed by atoms with Crippen molar-refractivity contribution in [2.45, 2.75) is 12.8 Å². The molecule has 0 saturated carbocycles. The summed E-state index contributed by atoms with van der Waals surface area (Å²) in [5, 5.41) is 0. The Bertz CT molecular complexity index is 412. The Kier molecular flexibility index (Phi) is 3.39. The van der Waals surface area contributed by atoms with E-state index in [0.29, 0.717) is 37.4 Å². The van der Waals surface area contributed by atoms with E-state index < -0.39 is 0 Å². The van der Waals surface area contributed by atoms with Crippen molar-refractivity contribution in [3.8, 4) is 5.75 Å². The molecular formula is C12H14N2O3. The standard InChI is InChI=1S/C12H14N2O3/c13-7-8-17-10-3-1-9(2-4-10)14-11(15)5-6-12(14)16/h1-4H,5-8,13H2. The second-order valence-corrected chi connectivity index (χ2v) is 3.75. The van der Waals surface area contributed by atoms with E-state index in [0.717, 1.165) is 0 Å². The molecule has 0 aromatic heterocycles. The van der Waals surface area contributed by atoms with Crippen molar-refractivity contribution in [2.75, 3.05) is 18.1 Å². The van der Waals surface area contributed by atoms with Gasteiger partial charge in [0.15, 0.2) is 0 Å². The first kappa shape index (κ1) is 11.6. The smallest absolute Gasteiger partial charge is 0.234 e. The van der Waals surface area contributed by atoms with E-state index in [1.165, 1.54) is 4.90 Å². The van der Waals surface area contributed by atoms with Crippen LogP contribution < -0.4 is 15.4 Å². The number of rotatable bonds is 4. The Morgan fingerprint density at radius 1 is 1.12 bits per heavy atom. The molecule has 5 nitrogen and oxygen atoms in total. The topological polar surface area (TPSA) is 72.6 Å². The largest absolute Gasteiger partial charge is 0.492 e. The molecule has 1 aliphatic rings. The van der Waals surface area contributed by atoms with Gasteiger partial charge in [0.25, 0.3) is 0 Å². The summed E-state index contributed by atoms with van der Waals surface area (Å²) in [6.45, 7) is 0.895. The summed E-state index contributed by atoms with van der Waals surface area (Å²) >= 11 is 0. The van der Waals surface area contributed by atoms with Gasteiger partial charge in [-0.15, -0.1) is 0 Å². The van der Waals surface area contributed by atoms with Gasteiger partial charge in [-0.05, 0) is 24.3 Å². The molecule has 1 aliphatic heterocycles. The molecule has 2 rings (SSSR count). The van der Waals surface area contributed by atoms with Gasteiger partial charge in [-0.1, -0.05) is 0 Å². The van der Waals surface area contributed by atoms with Gasteiger partial charge in [-0.2, -0.15) is 0 Å². The van der Waals surface area contributed by atoms with E-state index in [4.69, 9.17) is 10.5 Å². The first-order valence-corrected chi connectivity index (χ1v) is 5.51. The number of ether oxygens (including phenoxy) is 1. The van der Waals surface area contributed by atoms with Crippen molar-refractivity contribution in [3.05, 3.63) is 24.3 Å². The zero-order chi connectivity index (χ0) is 12.3. The van der Waals surface area contributed by atoms with Gasteiger partial charge in [0.2, 0.25) is 11.8 Å². The predicted molar refractivity (Wildman–Crippen MR) is 62.7 cm³/mol. The van der Waals surface area contributed by atoms with Crippen LogP contribution in [0.5, 0.6) is 5.75 Å². The summed E-state index contributed by atoms with van der Waals surface area (Å²) in [5.41, 5.74) is 5.91. The second kappa shape index (κ2) is 4.97. The van der Waals surface area contributed by atoms with E-state index in [2.05, 4.69) is 0 Å². The van der Waals surface area contributed by atoms with Crippen molar-refractivity contribution in [1.29, 1.82) is 0 Å². The molecule has 90 valence electrons. The number of imide groups is 1. The highest BCUT2D eigenvalue weighted by atomic mass is 16.5. The van der Waals surface area contributed by atoms with Crippen molar-refractivity contribution in [2.24, 2.45) is 5.73 Å². The predicted octanol–water partition coefficient (Wildman–Crippen LogP) is 0.677. The number of hydrogen-bond donors (Lipinski definition) is 1. The number of nitrogens with zero attached hydrogens (tertiary/aromatic N) is 1. The van der Waals surface area contributed by atoms with E-state index in [1.54, 1.807) is 24.3 Å². The van der Waals surface area contributed by atoms with Crippen molar-refractivity contribution >= 4 is 17.5 Å². The molecule has 2 amide bonds. The van der Waals surface area contributed by atoms with Crippen LogP contribution in [-0.4, -0.2) is 25.0 Å². The average molecular weight is 234 g/mol. The van der Waals surface area contributed by atoms with Gasteiger partial charge in [0.05, 0.1) is 5.69 Å². The van der Waals surface area contributed by atoms with Gasteiger partial charge in [0.1, 0.15) is 12.4 Å². The summed E-state index contributed by atoms with van der Waals surface area (Å²) in [5.74, 6) is 0.384. The average Bonchev–Trinajstić information content (AvgIpc) is 2.67. The summed E-state index contributed by atoms with van der Waals surface area (Å²) in [6, 6.07) is 6.85. The van der Waals surface area contributed by atoms with Gasteiger partial charge in [-0.3, -0.25) is 14.5 Å². The summed E-state index contributed by atoms with van der Waals surface area (Å²) in [7, 11) is 0. The zero-order valence-corrected chi connectivity index (χ0v) is 9.39. The maximum atomic E-state index is 11.5. The van der Waals surface area contributed by atoms with E-state index in [9.17, 15) is 9.59 Å². The fraction of sp³-hybridized carbons (Fsp3) is 0.333. The van der Waals surface area contributed by atoms with Gasteiger partial charge in [-0.25, -0.2) is 0 Å². The molecule has 0 atom stereocenters. The number of anilines is 1. The fourth-order valence-electron chi connectivity index (χ4n) is 1.73. The van der Waals surface area contributed by atoms with E-state index in [-0.39, 0.29) is 11.8 Å². The third-order valence-corrected chi connectivity index (χ3v) is 2.53. The lowest BCUT2D eigenvalue weighted by molar-refractivity contribution is -0.121. The number of carbonyl (C=O) groups excluding carboxylic acids is 2. The number of carbonyl (C=O) groups is 2. The number of amides is 2. The van der Waals surface area contributed by atoms with Crippen LogP contribution in [0.1, 0.15) is 12.8 Å². The van der Waals surface area contributed by atoms with Gasteiger partial charge >= 0.3 is 0 Å². The lowest BCUT2D eigenvalue weighted by Gasteiger charge is -2.14. The van der Waals surface area contributed by atoms with Gasteiger partial charge in [0, 0.05) is 19.4 Å². The van der Waals surface area contributed by atoms with E-state index >= 15 is 0 Å². The minimum absolute atomic E-state index is 0.148. The summed E-state index contributed by atoms with van der Waals surface area (Å²) in [4.78, 5) is 24.2. The van der Waals surface area contributed by atoms with Crippen LogP contribution >= 0.6 is 0 Å². The Morgan fingerprint density at radius 3 is 2.24 bits per heavy atom. The molecule has 0 radical (unpaired) electrons. The molecule has 1 saturated heterocycles. The second-order valence-electron chi connectivity index (χ2n) is 3.75. The maximum Gasteiger partial charge on any atom is 0.234 e. The minimum atomic E-state index is -0.148. The fourth-order valence-corrected chi connectivity index (χ4v) is 1.73. The van der Waals surface area contributed by atoms with Crippen LogP contribution in [0.3, 0.4) is 0 Å². The first-order valence-electron chi connectivity index (χ1n) is 5.51. The number of nitrogens with two attached hydrogens (primary N) is 1. The molecule has 17 heavy (non-hydrogen) atoms. The summed E-state index contributed by atoms with van der Waals surface area (Å²) < 4.78 is 5.31. The van der Waals surface area contributed by atoms with Crippen LogP contribution in [-0.2, 0) is 9.59 Å². The third-order valence-electron chi connectivity index (χ3n) is 2.53. The Labute approximate surface area is 99.2 Å². The van der Waals surface area contributed by atoms with Crippen LogP contribution in [0, 0.1) is 0 Å². The zero-order valence-electron chi connectivity index (χ0n) is 9.39. The highest BCUT2D eigenvalue weighted by Crippen LogP contribution is 2.24. The van der Waals surface area contributed by atoms with Crippen LogP contribution in [0.25, 0.3) is 0 Å². The van der Waals surface area contributed by atoms with E-state index in [1.807, 2.05) is 0 Å². The SMILES string of the molecule is NCCOc1ccc(N2C(=O)CCC2=O)cc1. The minimum Gasteiger partial charge on any atom is -0.492 e. The molecule has 5 heteroatoms. The van der Waals surface area contributed by atoms with Crippen LogP contribution in [0.15, 0.2) is 24.3 Å². The molecule has 1 aromatic rings. The lowest BCUT2D eigenvalue weighted by atomic mass is 10.3.